The van der Waals surface area contributed by atoms with Crippen molar-refractivity contribution in [1.82, 2.24) is 4.98 Å². The van der Waals surface area contributed by atoms with Gasteiger partial charge in [0.2, 0.25) is 0 Å². The van der Waals surface area contributed by atoms with Gasteiger partial charge in [-0.2, -0.15) is 21.0 Å². The number of aryl methyl sites for hydroxylation is 2. The summed E-state index contributed by atoms with van der Waals surface area (Å²) in [5.41, 5.74) is 3.12. The van der Waals surface area contributed by atoms with E-state index < -0.39 is 19.4 Å². The van der Waals surface area contributed by atoms with Gasteiger partial charge in [-0.05, 0) is 25.1 Å². The summed E-state index contributed by atoms with van der Waals surface area (Å²) in [6.07, 6.45) is 1.66. The summed E-state index contributed by atoms with van der Waals surface area (Å²) in [7, 11) is -10.7. The molecule has 0 saturated carbocycles. The van der Waals surface area contributed by atoms with Gasteiger partial charge < -0.3 is 4.98 Å². The van der Waals surface area contributed by atoms with Gasteiger partial charge in [0.15, 0.2) is 0 Å². The van der Waals surface area contributed by atoms with Gasteiger partial charge in [-0.25, -0.2) is 4.39 Å². The summed E-state index contributed by atoms with van der Waals surface area (Å²) in [6.45, 7) is 12.7. The molecule has 0 amide bonds. The molecule has 0 atom stereocenters. The number of hydrogen-bond donors (Lipinski definition) is 0. The van der Waals surface area contributed by atoms with E-state index in [0.29, 0.717) is 16.8 Å². The van der Waals surface area contributed by atoms with Gasteiger partial charge in [-0.15, -0.1) is 6.07 Å². The quantitative estimate of drug-likeness (QED) is 0.132. The molecular weight excluding hydrogens is 630 g/mol. The first kappa shape index (κ1) is 44.8. The molecule has 0 aliphatic heterocycles. The molecule has 0 fully saturated rings. The third-order valence-corrected chi connectivity index (χ3v) is 3.30. The number of rotatable bonds is 1. The van der Waals surface area contributed by atoms with Crippen LogP contribution in [0.3, 0.4) is 0 Å². The van der Waals surface area contributed by atoms with Crippen molar-refractivity contribution < 1.29 is 53.4 Å². The van der Waals surface area contributed by atoms with Gasteiger partial charge in [-0.1, -0.05) is 42.2 Å². The van der Waals surface area contributed by atoms with E-state index in [1.807, 2.05) is 13.8 Å². The summed E-state index contributed by atoms with van der Waals surface area (Å²) in [6, 6.07) is 11.2. The molecule has 0 radical (unpaired) electrons. The molecule has 1 aromatic heterocycles. The number of nitriles is 4. The van der Waals surface area contributed by atoms with Crippen molar-refractivity contribution in [3.8, 4) is 35.5 Å². The van der Waals surface area contributed by atoms with Gasteiger partial charge >= 0.3 is 52.5 Å². The van der Waals surface area contributed by atoms with Gasteiger partial charge in [0.1, 0.15) is 0 Å². The second-order valence-corrected chi connectivity index (χ2v) is 8.30. The first-order chi connectivity index (χ1) is 16.5. The Morgan fingerprint density at radius 1 is 0.711 bits per heavy atom. The number of benzene rings is 1. The summed E-state index contributed by atoms with van der Waals surface area (Å²) in [5, 5.41) is 29.3. The molecule has 0 saturated heterocycles. The van der Waals surface area contributed by atoms with Gasteiger partial charge in [0.25, 0.3) is 0 Å². The van der Waals surface area contributed by atoms with Gasteiger partial charge in [0.05, 0.1) is 24.3 Å². The molecule has 5 nitrogen and oxygen atoms in total. The van der Waals surface area contributed by atoms with Crippen molar-refractivity contribution in [2.24, 2.45) is 0 Å². The van der Waals surface area contributed by atoms with Crippen molar-refractivity contribution in [3.63, 3.8) is 0 Å². The normalized spacial score (nSPS) is 10.2. The number of pyridine rings is 1. The molecule has 38 heavy (non-hydrogen) atoms. The Hall–Kier alpha value is -3.18. The fraction of sp³-hybridized carbons (Fsp3) is 0.348. The summed E-state index contributed by atoms with van der Waals surface area (Å²) in [4.78, 5) is 4.14. The molecule has 0 spiro atoms. The van der Waals surface area contributed by atoms with Crippen LogP contribution in [0.4, 0.5) is 34.0 Å². The topological polar surface area (TPSA) is 108 Å². The number of halogens is 8. The van der Waals surface area contributed by atoms with Crippen molar-refractivity contribution in [2.45, 2.75) is 55.4 Å². The van der Waals surface area contributed by atoms with Gasteiger partial charge in [0, 0.05) is 45.5 Å². The SMILES string of the molecule is CC#N.CC#N.CC#N.CC#N.Cc1cnc(-c2[c-]c(F)c(C)c(C)c2F)cc1C.F[P-](F)(F)(F)(F)F.[Ru+2]. The Morgan fingerprint density at radius 2 is 1.03 bits per heavy atom. The van der Waals surface area contributed by atoms with E-state index in [-0.39, 0.29) is 25.0 Å². The molecule has 15 heteroatoms. The third-order valence-electron chi connectivity index (χ3n) is 3.30. The molecular formula is C23H26F8N5PRu. The third kappa shape index (κ3) is 29.1. The second kappa shape index (κ2) is 19.0. The Bertz CT molecular complexity index is 1120. The van der Waals surface area contributed by atoms with Crippen LogP contribution in [0.25, 0.3) is 11.3 Å². The second-order valence-electron chi connectivity index (χ2n) is 6.38. The van der Waals surface area contributed by atoms with Crippen molar-refractivity contribution in [1.29, 1.82) is 21.0 Å². The maximum Gasteiger partial charge on any atom is 2.00 e. The van der Waals surface area contributed by atoms with Crippen LogP contribution >= 0.6 is 7.81 Å². The first-order valence-electron chi connectivity index (χ1n) is 9.63. The van der Waals surface area contributed by atoms with Crippen LogP contribution in [-0.4, -0.2) is 4.98 Å². The molecule has 0 aliphatic carbocycles. The Kier molecular flexibility index (Phi) is 22.4. The Morgan fingerprint density at radius 3 is 1.32 bits per heavy atom. The van der Waals surface area contributed by atoms with E-state index in [0.717, 1.165) is 11.1 Å². The zero-order valence-corrected chi connectivity index (χ0v) is 24.3. The van der Waals surface area contributed by atoms with Crippen LogP contribution in [0.1, 0.15) is 49.9 Å². The standard InChI is InChI=1S/C15H14F2N.4C2H3N.F6P.Ru/c1-8-5-14(18-7-9(8)2)12-6-13(16)10(3)11(4)15(12)17;4*1-2-3;1-7(2,3,4,5)6;/h5,7H,1-4H3;4*1H3;;/q-1;;;;;-1;+2. The number of aromatic nitrogens is 1. The largest absolute Gasteiger partial charge is 2.00 e. The number of nitrogens with zero attached hydrogens (tertiary/aromatic N) is 5. The van der Waals surface area contributed by atoms with E-state index >= 15 is 0 Å². The zero-order valence-electron chi connectivity index (χ0n) is 21.7. The molecule has 0 aliphatic rings. The minimum atomic E-state index is -10.7. The fourth-order valence-electron chi connectivity index (χ4n) is 1.71. The van der Waals surface area contributed by atoms with E-state index in [2.05, 4.69) is 11.1 Å². The van der Waals surface area contributed by atoms with Crippen LogP contribution in [0.2, 0.25) is 0 Å². The predicted octanol–water partition coefficient (Wildman–Crippen LogP) is 9.56. The molecule has 0 bridgehead atoms. The van der Waals surface area contributed by atoms with Crippen LogP contribution in [0, 0.1) is 90.7 Å². The predicted molar refractivity (Wildman–Crippen MR) is 126 cm³/mol. The van der Waals surface area contributed by atoms with Crippen molar-refractivity contribution in [3.05, 3.63) is 52.2 Å². The average molecular weight is 657 g/mol. The average Bonchev–Trinajstić information content (AvgIpc) is 2.71. The minimum Gasteiger partial charge on any atom is 2.00 e. The summed E-state index contributed by atoms with van der Waals surface area (Å²) in [5.74, 6) is -0.978. The van der Waals surface area contributed by atoms with E-state index in [1.165, 1.54) is 27.7 Å². The Labute approximate surface area is 230 Å². The van der Waals surface area contributed by atoms with Crippen LogP contribution in [0.5, 0.6) is 0 Å². The van der Waals surface area contributed by atoms with Crippen LogP contribution in [0.15, 0.2) is 12.3 Å². The first-order valence-corrected chi connectivity index (χ1v) is 11.7. The molecule has 212 valence electrons. The molecule has 1 heterocycles. The molecule has 1 aromatic carbocycles. The maximum atomic E-state index is 14.1. The monoisotopic (exact) mass is 657 g/mol. The maximum absolute atomic E-state index is 14.1. The van der Waals surface area contributed by atoms with Crippen molar-refractivity contribution >= 4 is 7.81 Å². The fourth-order valence-corrected chi connectivity index (χ4v) is 1.71. The molecule has 0 unspecified atom stereocenters. The summed E-state index contributed by atoms with van der Waals surface area (Å²) >= 11 is 0. The molecule has 0 N–H and O–H groups in total. The van der Waals surface area contributed by atoms with Crippen LogP contribution in [-0.2, 0) is 19.5 Å². The van der Waals surface area contributed by atoms with Gasteiger partial charge in [-0.3, -0.25) is 4.39 Å². The minimum absolute atomic E-state index is 0. The molecule has 2 aromatic rings. The number of hydrogen-bond acceptors (Lipinski definition) is 5. The summed E-state index contributed by atoms with van der Waals surface area (Å²) < 4.78 is 87.0. The van der Waals surface area contributed by atoms with E-state index in [9.17, 15) is 34.0 Å². The smallest absolute Gasteiger partial charge is 2.00 e. The van der Waals surface area contributed by atoms with Crippen molar-refractivity contribution in [2.75, 3.05) is 0 Å². The Balaban J connectivity index is -0.000000151. The zero-order chi connectivity index (χ0) is 30.7. The van der Waals surface area contributed by atoms with Crippen LogP contribution < -0.4 is 0 Å². The van der Waals surface area contributed by atoms with E-state index in [1.54, 1.807) is 50.4 Å². The molecule has 2 rings (SSSR count). The van der Waals surface area contributed by atoms with E-state index in [4.69, 9.17) is 21.0 Å².